The van der Waals surface area contributed by atoms with E-state index in [4.69, 9.17) is 4.74 Å². The zero-order valence-electron chi connectivity index (χ0n) is 16.9. The van der Waals surface area contributed by atoms with E-state index in [1.807, 2.05) is 44.2 Å². The fraction of sp³-hybridized carbons (Fsp3) is 0.273. The quantitative estimate of drug-likeness (QED) is 0.474. The van der Waals surface area contributed by atoms with Crippen molar-refractivity contribution in [3.8, 4) is 11.4 Å². The fourth-order valence-corrected chi connectivity index (χ4v) is 3.02. The van der Waals surface area contributed by atoms with Crippen LogP contribution in [0.15, 0.2) is 59.9 Å². The molecule has 6 nitrogen and oxygen atoms in total. The highest BCUT2D eigenvalue weighted by atomic mass is 19.1. The van der Waals surface area contributed by atoms with E-state index in [0.29, 0.717) is 24.7 Å². The summed E-state index contributed by atoms with van der Waals surface area (Å²) in [6.45, 7) is 5.51. The number of rotatable bonds is 7. The molecule has 3 rings (SSSR count). The van der Waals surface area contributed by atoms with Gasteiger partial charge in [0.1, 0.15) is 17.4 Å². The molecule has 1 aromatic heterocycles. The molecule has 0 unspecified atom stereocenters. The Hall–Kier alpha value is -3.35. The van der Waals surface area contributed by atoms with Crippen LogP contribution in [0.4, 0.5) is 4.39 Å². The summed E-state index contributed by atoms with van der Waals surface area (Å²) in [5.74, 6) is 1.92. The lowest BCUT2D eigenvalue weighted by Gasteiger charge is -2.13. The van der Waals surface area contributed by atoms with Crippen molar-refractivity contribution < 1.29 is 9.13 Å². The van der Waals surface area contributed by atoms with Crippen molar-refractivity contribution in [1.29, 1.82) is 0 Å². The van der Waals surface area contributed by atoms with Gasteiger partial charge in [0.15, 0.2) is 5.96 Å². The standard InChI is InChI=1S/C22H26FN5O/c1-4-24-22(27-15-18-7-5-6-8-21(18)29-3)26-14-17-9-10-20(19(23)13-17)28-12-11-25-16(28)2/h5-13H,4,14-15H2,1-3H3,(H2,24,26,27). The topological polar surface area (TPSA) is 63.5 Å². The number of nitrogens with zero attached hydrogens (tertiary/aromatic N) is 3. The Morgan fingerprint density at radius 2 is 2.03 bits per heavy atom. The number of guanidine groups is 1. The van der Waals surface area contributed by atoms with Crippen molar-refractivity contribution in [2.24, 2.45) is 4.99 Å². The SMILES string of the molecule is CCNC(=NCc1ccc(-n2ccnc2C)c(F)c1)NCc1ccccc1OC. The Morgan fingerprint density at radius 1 is 1.21 bits per heavy atom. The van der Waals surface area contributed by atoms with Crippen LogP contribution in [-0.4, -0.2) is 29.2 Å². The van der Waals surface area contributed by atoms with Crippen LogP contribution >= 0.6 is 0 Å². The lowest BCUT2D eigenvalue weighted by atomic mass is 10.2. The van der Waals surface area contributed by atoms with Crippen LogP contribution in [0.2, 0.25) is 0 Å². The van der Waals surface area contributed by atoms with E-state index in [1.165, 1.54) is 6.07 Å². The van der Waals surface area contributed by atoms with Gasteiger partial charge < -0.3 is 19.9 Å². The third-order valence-electron chi connectivity index (χ3n) is 4.50. The maximum Gasteiger partial charge on any atom is 0.191 e. The zero-order valence-corrected chi connectivity index (χ0v) is 16.9. The molecule has 152 valence electrons. The summed E-state index contributed by atoms with van der Waals surface area (Å²) in [6.07, 6.45) is 3.40. The highest BCUT2D eigenvalue weighted by Gasteiger charge is 2.08. The number of hydrogen-bond acceptors (Lipinski definition) is 3. The molecule has 7 heteroatoms. The highest BCUT2D eigenvalue weighted by molar-refractivity contribution is 5.79. The minimum atomic E-state index is -0.300. The van der Waals surface area contributed by atoms with Crippen LogP contribution in [-0.2, 0) is 13.1 Å². The smallest absolute Gasteiger partial charge is 0.191 e. The second-order valence-electron chi connectivity index (χ2n) is 6.49. The molecular formula is C22H26FN5O. The van der Waals surface area contributed by atoms with Gasteiger partial charge in [-0.15, -0.1) is 0 Å². The Morgan fingerprint density at radius 3 is 2.72 bits per heavy atom. The summed E-state index contributed by atoms with van der Waals surface area (Å²) in [5, 5.41) is 6.50. The third-order valence-corrected chi connectivity index (χ3v) is 4.50. The largest absolute Gasteiger partial charge is 0.496 e. The molecule has 0 atom stereocenters. The summed E-state index contributed by atoms with van der Waals surface area (Å²) in [7, 11) is 1.65. The molecular weight excluding hydrogens is 369 g/mol. The predicted molar refractivity (Wildman–Crippen MR) is 113 cm³/mol. The van der Waals surface area contributed by atoms with E-state index in [1.54, 1.807) is 30.1 Å². The van der Waals surface area contributed by atoms with Gasteiger partial charge in [-0.25, -0.2) is 14.4 Å². The molecule has 29 heavy (non-hydrogen) atoms. The minimum Gasteiger partial charge on any atom is -0.496 e. The Kier molecular flexibility index (Phi) is 6.84. The number of imidazole rings is 1. The van der Waals surface area contributed by atoms with Gasteiger partial charge in [-0.2, -0.15) is 0 Å². The van der Waals surface area contributed by atoms with Crippen LogP contribution in [0.3, 0.4) is 0 Å². The van der Waals surface area contributed by atoms with Crippen molar-refractivity contribution in [2.75, 3.05) is 13.7 Å². The lowest BCUT2D eigenvalue weighted by Crippen LogP contribution is -2.36. The van der Waals surface area contributed by atoms with Gasteiger partial charge in [0.2, 0.25) is 0 Å². The van der Waals surface area contributed by atoms with Crippen molar-refractivity contribution >= 4 is 5.96 Å². The first-order valence-corrected chi connectivity index (χ1v) is 9.55. The van der Waals surface area contributed by atoms with Crippen molar-refractivity contribution in [2.45, 2.75) is 26.9 Å². The van der Waals surface area contributed by atoms with Gasteiger partial charge in [0.05, 0.1) is 19.3 Å². The number of methoxy groups -OCH3 is 1. The molecule has 0 aliphatic rings. The van der Waals surface area contributed by atoms with E-state index in [2.05, 4.69) is 20.6 Å². The summed E-state index contributed by atoms with van der Waals surface area (Å²) in [4.78, 5) is 8.72. The van der Waals surface area contributed by atoms with Crippen molar-refractivity contribution in [3.63, 3.8) is 0 Å². The number of halogens is 1. The molecule has 0 spiro atoms. The van der Waals surface area contributed by atoms with Gasteiger partial charge in [-0.1, -0.05) is 24.3 Å². The molecule has 2 N–H and O–H groups in total. The molecule has 0 aliphatic carbocycles. The van der Waals surface area contributed by atoms with Crippen LogP contribution in [0.1, 0.15) is 23.9 Å². The lowest BCUT2D eigenvalue weighted by molar-refractivity contribution is 0.409. The monoisotopic (exact) mass is 395 g/mol. The summed E-state index contributed by atoms with van der Waals surface area (Å²) in [6, 6.07) is 13.0. The molecule has 0 saturated heterocycles. The second kappa shape index (κ2) is 9.73. The van der Waals surface area contributed by atoms with E-state index >= 15 is 0 Å². The first kappa shape index (κ1) is 20.4. The number of aryl methyl sites for hydroxylation is 1. The van der Waals surface area contributed by atoms with E-state index in [9.17, 15) is 4.39 Å². The minimum absolute atomic E-state index is 0.300. The number of ether oxygens (including phenoxy) is 1. The molecule has 3 aromatic rings. The summed E-state index contributed by atoms with van der Waals surface area (Å²) in [5.41, 5.74) is 2.30. The first-order chi connectivity index (χ1) is 14.1. The molecule has 1 heterocycles. The van der Waals surface area contributed by atoms with E-state index < -0.39 is 0 Å². The number of aliphatic imine (C=N–C) groups is 1. The van der Waals surface area contributed by atoms with Crippen LogP contribution in [0.25, 0.3) is 5.69 Å². The number of para-hydroxylation sites is 1. The second-order valence-corrected chi connectivity index (χ2v) is 6.49. The van der Waals surface area contributed by atoms with Crippen molar-refractivity contribution in [1.82, 2.24) is 20.2 Å². The molecule has 0 aliphatic heterocycles. The molecule has 0 radical (unpaired) electrons. The van der Waals surface area contributed by atoms with Gasteiger partial charge in [0, 0.05) is 31.0 Å². The average Bonchev–Trinajstić information content (AvgIpc) is 3.16. The van der Waals surface area contributed by atoms with Gasteiger partial charge in [-0.05, 0) is 37.6 Å². The zero-order chi connectivity index (χ0) is 20.6. The van der Waals surface area contributed by atoms with Crippen molar-refractivity contribution in [3.05, 3.63) is 77.6 Å². The maximum absolute atomic E-state index is 14.6. The molecule has 0 fully saturated rings. The predicted octanol–water partition coefficient (Wildman–Crippen LogP) is 3.58. The van der Waals surface area contributed by atoms with Gasteiger partial charge >= 0.3 is 0 Å². The molecule has 0 amide bonds. The molecule has 0 bridgehead atoms. The number of hydrogen-bond donors (Lipinski definition) is 2. The third kappa shape index (κ3) is 5.13. The summed E-state index contributed by atoms with van der Waals surface area (Å²) < 4.78 is 21.7. The van der Waals surface area contributed by atoms with Gasteiger partial charge in [-0.3, -0.25) is 0 Å². The number of nitrogens with one attached hydrogen (secondary N) is 2. The Balaban J connectivity index is 1.70. The summed E-state index contributed by atoms with van der Waals surface area (Å²) >= 11 is 0. The Labute approximate surface area is 170 Å². The average molecular weight is 395 g/mol. The maximum atomic E-state index is 14.6. The normalized spacial score (nSPS) is 11.4. The van der Waals surface area contributed by atoms with E-state index in [0.717, 1.165) is 29.2 Å². The molecule has 2 aromatic carbocycles. The number of aromatic nitrogens is 2. The highest BCUT2D eigenvalue weighted by Crippen LogP contribution is 2.18. The van der Waals surface area contributed by atoms with Crippen LogP contribution in [0, 0.1) is 12.7 Å². The number of benzene rings is 2. The fourth-order valence-electron chi connectivity index (χ4n) is 3.02. The van der Waals surface area contributed by atoms with Crippen LogP contribution < -0.4 is 15.4 Å². The van der Waals surface area contributed by atoms with E-state index in [-0.39, 0.29) is 5.82 Å². The van der Waals surface area contributed by atoms with Gasteiger partial charge in [0.25, 0.3) is 0 Å². The first-order valence-electron chi connectivity index (χ1n) is 9.55. The molecule has 0 saturated carbocycles. The Bertz CT molecular complexity index is 983. The van der Waals surface area contributed by atoms with Crippen LogP contribution in [0.5, 0.6) is 5.75 Å².